The van der Waals surface area contributed by atoms with E-state index in [0.29, 0.717) is 17.6 Å². The number of halogens is 1. The number of anilines is 1. The standard InChI is InChI=1S/C13H21ClN2O/c1-9(2)16(6-7-17)13-5-4-11(10(3)15)8-12(13)14/h4-5,8-10,17H,6-7,15H2,1-3H3/t10-/m1/s1. The van der Waals surface area contributed by atoms with Gasteiger partial charge in [0.05, 0.1) is 17.3 Å². The molecule has 1 rings (SSSR count). The first-order chi connectivity index (χ1) is 7.97. The van der Waals surface area contributed by atoms with Crippen LogP contribution in [0.3, 0.4) is 0 Å². The molecule has 1 aromatic carbocycles. The van der Waals surface area contributed by atoms with E-state index in [-0.39, 0.29) is 12.6 Å². The molecule has 17 heavy (non-hydrogen) atoms. The summed E-state index contributed by atoms with van der Waals surface area (Å²) in [4.78, 5) is 2.08. The van der Waals surface area contributed by atoms with E-state index in [4.69, 9.17) is 22.4 Å². The largest absolute Gasteiger partial charge is 0.395 e. The zero-order chi connectivity index (χ0) is 13.0. The van der Waals surface area contributed by atoms with Crippen molar-refractivity contribution in [3.63, 3.8) is 0 Å². The number of benzene rings is 1. The number of nitrogens with zero attached hydrogens (tertiary/aromatic N) is 1. The third kappa shape index (κ3) is 3.60. The molecule has 0 amide bonds. The Morgan fingerprint density at radius 2 is 2.00 bits per heavy atom. The quantitative estimate of drug-likeness (QED) is 0.851. The zero-order valence-corrected chi connectivity index (χ0v) is 11.4. The summed E-state index contributed by atoms with van der Waals surface area (Å²) in [6.07, 6.45) is 0. The van der Waals surface area contributed by atoms with Gasteiger partial charge in [-0.25, -0.2) is 0 Å². The van der Waals surface area contributed by atoms with E-state index in [1.54, 1.807) is 0 Å². The van der Waals surface area contributed by atoms with Gasteiger partial charge in [0, 0.05) is 18.6 Å². The van der Waals surface area contributed by atoms with E-state index in [0.717, 1.165) is 11.3 Å². The van der Waals surface area contributed by atoms with Crippen molar-refractivity contribution >= 4 is 17.3 Å². The van der Waals surface area contributed by atoms with Gasteiger partial charge in [0.25, 0.3) is 0 Å². The molecule has 0 aliphatic heterocycles. The molecule has 0 heterocycles. The Hall–Kier alpha value is -0.770. The molecule has 4 heteroatoms. The van der Waals surface area contributed by atoms with Crippen LogP contribution in [0.25, 0.3) is 0 Å². The number of hydrogen-bond acceptors (Lipinski definition) is 3. The van der Waals surface area contributed by atoms with Crippen LogP contribution in [-0.4, -0.2) is 24.3 Å². The average Bonchev–Trinajstić information content (AvgIpc) is 2.26. The van der Waals surface area contributed by atoms with E-state index in [9.17, 15) is 0 Å². The molecule has 0 spiro atoms. The Labute approximate surface area is 108 Å². The molecule has 0 aromatic heterocycles. The highest BCUT2D eigenvalue weighted by molar-refractivity contribution is 6.33. The van der Waals surface area contributed by atoms with Gasteiger partial charge in [-0.3, -0.25) is 0 Å². The van der Waals surface area contributed by atoms with Crippen LogP contribution >= 0.6 is 11.6 Å². The Morgan fingerprint density at radius 1 is 1.35 bits per heavy atom. The van der Waals surface area contributed by atoms with Gasteiger partial charge in [0.15, 0.2) is 0 Å². The van der Waals surface area contributed by atoms with E-state index < -0.39 is 0 Å². The van der Waals surface area contributed by atoms with Crippen LogP contribution in [0, 0.1) is 0 Å². The minimum atomic E-state index is -0.0214. The fraction of sp³-hybridized carbons (Fsp3) is 0.538. The van der Waals surface area contributed by atoms with E-state index in [1.807, 2.05) is 25.1 Å². The lowest BCUT2D eigenvalue weighted by molar-refractivity contribution is 0.299. The summed E-state index contributed by atoms with van der Waals surface area (Å²) in [5.41, 5.74) is 7.78. The van der Waals surface area contributed by atoms with Gasteiger partial charge in [-0.05, 0) is 38.5 Å². The van der Waals surface area contributed by atoms with Crippen molar-refractivity contribution in [1.29, 1.82) is 0 Å². The summed E-state index contributed by atoms with van der Waals surface area (Å²) in [5, 5.41) is 9.76. The van der Waals surface area contributed by atoms with Gasteiger partial charge < -0.3 is 15.7 Å². The van der Waals surface area contributed by atoms with Gasteiger partial charge in [-0.1, -0.05) is 17.7 Å². The predicted octanol–water partition coefficient (Wildman–Crippen LogP) is 2.57. The summed E-state index contributed by atoms with van der Waals surface area (Å²) in [6, 6.07) is 6.12. The highest BCUT2D eigenvalue weighted by Gasteiger charge is 2.14. The Bertz CT molecular complexity index is 366. The number of rotatable bonds is 5. The van der Waals surface area contributed by atoms with Gasteiger partial charge in [0.2, 0.25) is 0 Å². The van der Waals surface area contributed by atoms with Crippen molar-refractivity contribution in [3.8, 4) is 0 Å². The summed E-state index contributed by atoms with van der Waals surface area (Å²) >= 11 is 6.27. The maximum absolute atomic E-state index is 9.08. The van der Waals surface area contributed by atoms with Crippen LogP contribution < -0.4 is 10.6 Å². The lowest BCUT2D eigenvalue weighted by Gasteiger charge is -2.29. The SMILES string of the molecule is CC(C)N(CCO)c1ccc([C@@H](C)N)cc1Cl. The van der Waals surface area contributed by atoms with Crippen LogP contribution in [0.5, 0.6) is 0 Å². The second kappa shape index (κ2) is 6.24. The third-order valence-corrected chi connectivity index (χ3v) is 3.07. The summed E-state index contributed by atoms with van der Waals surface area (Å²) in [7, 11) is 0. The number of hydrogen-bond donors (Lipinski definition) is 2. The van der Waals surface area contributed by atoms with Crippen molar-refractivity contribution in [3.05, 3.63) is 28.8 Å². The molecule has 0 fully saturated rings. The minimum absolute atomic E-state index is 0.0214. The molecule has 0 aliphatic rings. The molecule has 0 radical (unpaired) electrons. The fourth-order valence-corrected chi connectivity index (χ4v) is 2.10. The first-order valence-electron chi connectivity index (χ1n) is 5.90. The maximum atomic E-state index is 9.08. The molecule has 0 bridgehead atoms. The summed E-state index contributed by atoms with van der Waals surface area (Å²) < 4.78 is 0. The molecule has 0 saturated carbocycles. The monoisotopic (exact) mass is 256 g/mol. The second-order valence-electron chi connectivity index (χ2n) is 4.51. The van der Waals surface area contributed by atoms with Crippen LogP contribution in [0.2, 0.25) is 5.02 Å². The molecule has 96 valence electrons. The van der Waals surface area contributed by atoms with E-state index in [2.05, 4.69) is 18.7 Å². The van der Waals surface area contributed by atoms with Crippen LogP contribution in [0.4, 0.5) is 5.69 Å². The molecular formula is C13H21ClN2O. The van der Waals surface area contributed by atoms with Crippen molar-refractivity contribution in [1.82, 2.24) is 0 Å². The third-order valence-electron chi connectivity index (χ3n) is 2.77. The van der Waals surface area contributed by atoms with E-state index >= 15 is 0 Å². The topological polar surface area (TPSA) is 49.5 Å². The predicted molar refractivity (Wildman–Crippen MR) is 73.6 cm³/mol. The number of nitrogens with two attached hydrogens (primary N) is 1. The lowest BCUT2D eigenvalue weighted by atomic mass is 10.1. The van der Waals surface area contributed by atoms with Gasteiger partial charge in [-0.2, -0.15) is 0 Å². The van der Waals surface area contributed by atoms with Gasteiger partial charge in [0.1, 0.15) is 0 Å². The van der Waals surface area contributed by atoms with Crippen LogP contribution in [0.1, 0.15) is 32.4 Å². The van der Waals surface area contributed by atoms with Crippen molar-refractivity contribution < 1.29 is 5.11 Å². The fourth-order valence-electron chi connectivity index (χ4n) is 1.80. The maximum Gasteiger partial charge on any atom is 0.0643 e. The van der Waals surface area contributed by atoms with E-state index in [1.165, 1.54) is 0 Å². The normalized spacial score (nSPS) is 12.9. The molecule has 0 saturated heterocycles. The number of aliphatic hydroxyl groups is 1. The van der Waals surface area contributed by atoms with Crippen molar-refractivity contribution in [2.45, 2.75) is 32.9 Å². The number of aliphatic hydroxyl groups excluding tert-OH is 1. The van der Waals surface area contributed by atoms with Crippen LogP contribution in [0.15, 0.2) is 18.2 Å². The zero-order valence-electron chi connectivity index (χ0n) is 10.7. The summed E-state index contributed by atoms with van der Waals surface area (Å²) in [5.74, 6) is 0. The lowest BCUT2D eigenvalue weighted by Crippen LogP contribution is -2.33. The Kier molecular flexibility index (Phi) is 5.25. The van der Waals surface area contributed by atoms with Crippen LogP contribution in [-0.2, 0) is 0 Å². The molecule has 3 nitrogen and oxygen atoms in total. The molecule has 1 atom stereocenters. The smallest absolute Gasteiger partial charge is 0.0643 e. The molecule has 1 aromatic rings. The average molecular weight is 257 g/mol. The second-order valence-corrected chi connectivity index (χ2v) is 4.92. The Balaban J connectivity index is 3.04. The highest BCUT2D eigenvalue weighted by atomic mass is 35.5. The first-order valence-corrected chi connectivity index (χ1v) is 6.27. The van der Waals surface area contributed by atoms with Gasteiger partial charge in [-0.15, -0.1) is 0 Å². The van der Waals surface area contributed by atoms with Gasteiger partial charge >= 0.3 is 0 Å². The molecule has 0 aliphatic carbocycles. The minimum Gasteiger partial charge on any atom is -0.395 e. The Morgan fingerprint density at radius 3 is 2.41 bits per heavy atom. The van der Waals surface area contributed by atoms with Crippen molar-refractivity contribution in [2.75, 3.05) is 18.1 Å². The first kappa shape index (κ1) is 14.3. The molecule has 0 unspecified atom stereocenters. The molecule has 3 N–H and O–H groups in total. The molecular weight excluding hydrogens is 236 g/mol. The highest BCUT2D eigenvalue weighted by Crippen LogP contribution is 2.29. The van der Waals surface area contributed by atoms with Crippen molar-refractivity contribution in [2.24, 2.45) is 5.73 Å². The summed E-state index contributed by atoms with van der Waals surface area (Å²) in [6.45, 7) is 6.77.